The summed E-state index contributed by atoms with van der Waals surface area (Å²) in [6.07, 6.45) is 5.29. The number of terminal acetylenes is 1. The van der Waals surface area contributed by atoms with Gasteiger partial charge in [-0.1, -0.05) is 0 Å². The van der Waals surface area contributed by atoms with E-state index in [0.29, 0.717) is 0 Å². The molecule has 0 atom stereocenters. The van der Waals surface area contributed by atoms with Crippen molar-refractivity contribution in [3.63, 3.8) is 0 Å². The van der Waals surface area contributed by atoms with E-state index >= 15 is 0 Å². The maximum absolute atomic E-state index is 5.29. The van der Waals surface area contributed by atoms with Crippen molar-refractivity contribution in [1.29, 1.82) is 0 Å². The van der Waals surface area contributed by atoms with Crippen molar-refractivity contribution in [2.75, 3.05) is 5.32 Å². The van der Waals surface area contributed by atoms with Crippen molar-refractivity contribution >= 4 is 16.5 Å². The zero-order valence-corrected chi connectivity index (χ0v) is 9.25. The number of thiazole rings is 1. The molecule has 0 saturated heterocycles. The second-order valence-corrected chi connectivity index (χ2v) is 5.15. The van der Waals surface area contributed by atoms with Crippen LogP contribution in [-0.4, -0.2) is 10.5 Å². The molecule has 0 bridgehead atoms. The molecule has 1 rings (SSSR count). The summed E-state index contributed by atoms with van der Waals surface area (Å²) >= 11 is 1.60. The quantitative estimate of drug-likeness (QED) is 0.695. The van der Waals surface area contributed by atoms with Crippen LogP contribution in [0.5, 0.6) is 0 Å². The maximum Gasteiger partial charge on any atom is 0.184 e. The van der Waals surface area contributed by atoms with Gasteiger partial charge in [0.2, 0.25) is 0 Å². The molecule has 1 N–H and O–H groups in total. The molecular weight excluding hydrogens is 180 g/mol. The van der Waals surface area contributed by atoms with Crippen molar-refractivity contribution < 1.29 is 0 Å². The van der Waals surface area contributed by atoms with Crippen LogP contribution in [0.1, 0.15) is 31.3 Å². The van der Waals surface area contributed by atoms with E-state index in [2.05, 4.69) is 37.0 Å². The molecule has 0 fully saturated rings. The zero-order valence-electron chi connectivity index (χ0n) is 8.43. The number of hydrogen-bond acceptors (Lipinski definition) is 3. The minimum absolute atomic E-state index is 0.0379. The Morgan fingerprint density at radius 3 is 2.46 bits per heavy atom. The predicted molar refractivity (Wildman–Crippen MR) is 58.2 cm³/mol. The van der Waals surface area contributed by atoms with E-state index in [0.717, 1.165) is 15.7 Å². The highest BCUT2D eigenvalue weighted by Gasteiger charge is 2.13. The molecule has 0 aliphatic heterocycles. The Morgan fingerprint density at radius 2 is 2.08 bits per heavy atom. The van der Waals surface area contributed by atoms with Gasteiger partial charge in [0.25, 0.3) is 0 Å². The summed E-state index contributed by atoms with van der Waals surface area (Å²) in [6, 6.07) is 0. The first-order chi connectivity index (χ1) is 5.92. The first kappa shape index (κ1) is 10.1. The van der Waals surface area contributed by atoms with E-state index in [4.69, 9.17) is 6.42 Å². The van der Waals surface area contributed by atoms with Gasteiger partial charge in [-0.25, -0.2) is 4.98 Å². The summed E-state index contributed by atoms with van der Waals surface area (Å²) < 4.78 is 0. The third-order valence-corrected chi connectivity index (χ3v) is 2.30. The summed E-state index contributed by atoms with van der Waals surface area (Å²) in [7, 11) is 0. The minimum atomic E-state index is 0.0379. The van der Waals surface area contributed by atoms with Crippen molar-refractivity contribution in [1.82, 2.24) is 4.98 Å². The molecule has 0 aliphatic rings. The van der Waals surface area contributed by atoms with Gasteiger partial charge in [0.05, 0.1) is 0 Å². The van der Waals surface area contributed by atoms with E-state index in [9.17, 15) is 0 Å². The van der Waals surface area contributed by atoms with E-state index in [1.54, 1.807) is 11.3 Å². The molecule has 0 unspecified atom stereocenters. The van der Waals surface area contributed by atoms with Gasteiger partial charge in [-0.3, -0.25) is 0 Å². The molecule has 0 spiro atoms. The lowest BCUT2D eigenvalue weighted by Crippen LogP contribution is -2.25. The maximum atomic E-state index is 5.29. The molecule has 1 aromatic heterocycles. The molecule has 3 heteroatoms. The number of aromatic nitrogens is 1. The van der Waals surface area contributed by atoms with Gasteiger partial charge >= 0.3 is 0 Å². The molecule has 0 amide bonds. The van der Waals surface area contributed by atoms with Gasteiger partial charge in [0.1, 0.15) is 5.69 Å². The van der Waals surface area contributed by atoms with Crippen molar-refractivity contribution in [2.45, 2.75) is 33.2 Å². The highest BCUT2D eigenvalue weighted by Crippen LogP contribution is 2.23. The van der Waals surface area contributed by atoms with Crippen LogP contribution in [0.2, 0.25) is 0 Å². The standard InChI is InChI=1S/C10H14N2S/c1-6-8-7(2)13-9(11-8)12-10(3,4)5/h1H,2-5H3,(H,11,12). The summed E-state index contributed by atoms with van der Waals surface area (Å²) in [5, 5.41) is 4.19. The smallest absolute Gasteiger partial charge is 0.184 e. The number of nitrogens with zero attached hydrogens (tertiary/aromatic N) is 1. The van der Waals surface area contributed by atoms with Gasteiger partial charge in [0, 0.05) is 10.4 Å². The Labute approximate surface area is 83.4 Å². The van der Waals surface area contributed by atoms with Crippen LogP contribution in [0.3, 0.4) is 0 Å². The number of rotatable bonds is 1. The average Bonchev–Trinajstić information content (AvgIpc) is 2.26. The second kappa shape index (κ2) is 3.39. The average molecular weight is 194 g/mol. The van der Waals surface area contributed by atoms with Gasteiger partial charge in [-0.05, 0) is 33.6 Å². The van der Waals surface area contributed by atoms with Gasteiger partial charge < -0.3 is 5.32 Å². The molecule has 1 aromatic rings. The fourth-order valence-corrected chi connectivity index (χ4v) is 1.89. The lowest BCUT2D eigenvalue weighted by Gasteiger charge is -2.19. The van der Waals surface area contributed by atoms with Gasteiger partial charge in [0.15, 0.2) is 5.13 Å². The highest BCUT2D eigenvalue weighted by atomic mass is 32.1. The Bertz CT molecular complexity index is 339. The molecule has 13 heavy (non-hydrogen) atoms. The van der Waals surface area contributed by atoms with Gasteiger partial charge in [-0.2, -0.15) is 0 Å². The zero-order chi connectivity index (χ0) is 10.1. The lowest BCUT2D eigenvalue weighted by atomic mass is 10.1. The van der Waals surface area contributed by atoms with Crippen LogP contribution in [-0.2, 0) is 0 Å². The Morgan fingerprint density at radius 1 is 1.46 bits per heavy atom. The van der Waals surface area contributed by atoms with Crippen LogP contribution < -0.4 is 5.32 Å². The van der Waals surface area contributed by atoms with E-state index in [-0.39, 0.29) is 5.54 Å². The van der Waals surface area contributed by atoms with E-state index in [1.165, 1.54) is 0 Å². The summed E-state index contributed by atoms with van der Waals surface area (Å²) in [4.78, 5) is 5.38. The molecule has 70 valence electrons. The van der Waals surface area contributed by atoms with E-state index < -0.39 is 0 Å². The summed E-state index contributed by atoms with van der Waals surface area (Å²) in [6.45, 7) is 8.28. The van der Waals surface area contributed by atoms with Crippen molar-refractivity contribution in [3.8, 4) is 12.3 Å². The molecule has 1 heterocycles. The van der Waals surface area contributed by atoms with Crippen molar-refractivity contribution in [2.24, 2.45) is 0 Å². The third kappa shape index (κ3) is 2.74. The highest BCUT2D eigenvalue weighted by molar-refractivity contribution is 7.15. The number of hydrogen-bond donors (Lipinski definition) is 1. The van der Waals surface area contributed by atoms with Crippen LogP contribution in [0.25, 0.3) is 0 Å². The largest absolute Gasteiger partial charge is 0.357 e. The van der Waals surface area contributed by atoms with Crippen LogP contribution >= 0.6 is 11.3 Å². The van der Waals surface area contributed by atoms with Crippen LogP contribution in [0.4, 0.5) is 5.13 Å². The number of aryl methyl sites for hydroxylation is 1. The normalized spacial score (nSPS) is 11.0. The molecule has 2 nitrogen and oxygen atoms in total. The van der Waals surface area contributed by atoms with E-state index in [1.807, 2.05) is 6.92 Å². The second-order valence-electron chi connectivity index (χ2n) is 3.94. The number of nitrogens with one attached hydrogen (secondary N) is 1. The summed E-state index contributed by atoms with van der Waals surface area (Å²) in [5.74, 6) is 2.56. The molecule has 0 saturated carbocycles. The summed E-state index contributed by atoms with van der Waals surface area (Å²) in [5.41, 5.74) is 0.785. The van der Waals surface area contributed by atoms with Crippen LogP contribution in [0.15, 0.2) is 0 Å². The SMILES string of the molecule is C#Cc1nc(NC(C)(C)C)sc1C. The van der Waals surface area contributed by atoms with Crippen molar-refractivity contribution in [3.05, 3.63) is 10.6 Å². The molecule has 0 aromatic carbocycles. The monoisotopic (exact) mass is 194 g/mol. The third-order valence-electron chi connectivity index (χ3n) is 1.42. The first-order valence-electron chi connectivity index (χ1n) is 4.14. The minimum Gasteiger partial charge on any atom is -0.357 e. The van der Waals surface area contributed by atoms with Crippen LogP contribution in [0, 0.1) is 19.3 Å². The molecule has 0 radical (unpaired) electrons. The van der Waals surface area contributed by atoms with Gasteiger partial charge in [-0.15, -0.1) is 17.8 Å². The topological polar surface area (TPSA) is 24.9 Å². The fourth-order valence-electron chi connectivity index (χ4n) is 0.905. The molecular formula is C10H14N2S. The fraction of sp³-hybridized carbons (Fsp3) is 0.500. The number of anilines is 1. The Hall–Kier alpha value is -1.01. The predicted octanol–water partition coefficient (Wildman–Crippen LogP) is 2.64. The lowest BCUT2D eigenvalue weighted by molar-refractivity contribution is 0.633. The Kier molecular flexibility index (Phi) is 2.63. The first-order valence-corrected chi connectivity index (χ1v) is 4.96. The Balaban J connectivity index is 2.87. The molecule has 0 aliphatic carbocycles.